The Morgan fingerprint density at radius 1 is 1.53 bits per heavy atom. The minimum atomic E-state index is -1.04. The van der Waals surface area contributed by atoms with Gasteiger partial charge < -0.3 is 10.8 Å². The molecule has 2 rings (SSSR count). The summed E-state index contributed by atoms with van der Waals surface area (Å²) in [6, 6.07) is 4.86. The summed E-state index contributed by atoms with van der Waals surface area (Å²) in [5.41, 5.74) is 7.57. The van der Waals surface area contributed by atoms with Gasteiger partial charge in [-0.1, -0.05) is 11.6 Å². The molecule has 5 nitrogen and oxygen atoms in total. The zero-order valence-corrected chi connectivity index (χ0v) is 9.75. The number of halogens is 1. The number of aryl methyl sites for hydroxylation is 1. The zero-order chi connectivity index (χ0) is 12.6. The van der Waals surface area contributed by atoms with Crippen LogP contribution in [0.1, 0.15) is 16.1 Å². The molecule has 1 aromatic carbocycles. The summed E-state index contributed by atoms with van der Waals surface area (Å²) in [5.74, 6) is -1.04. The number of aromatic amines is 1. The molecule has 1 heterocycles. The fourth-order valence-corrected chi connectivity index (χ4v) is 1.89. The van der Waals surface area contributed by atoms with Crippen LogP contribution >= 0.6 is 11.6 Å². The van der Waals surface area contributed by atoms with E-state index in [1.54, 1.807) is 25.1 Å². The number of nitrogens with zero attached hydrogens (tertiary/aromatic N) is 1. The number of hydrogen-bond donors (Lipinski definition) is 3. The molecule has 2 aromatic rings. The lowest BCUT2D eigenvalue weighted by molar-refractivity contribution is 0.0697. The van der Waals surface area contributed by atoms with Crippen LogP contribution in [-0.4, -0.2) is 21.3 Å². The molecule has 0 aliphatic heterocycles. The fraction of sp³-hybridized carbons (Fsp3) is 0.0909. The van der Waals surface area contributed by atoms with Gasteiger partial charge in [0, 0.05) is 16.9 Å². The highest BCUT2D eigenvalue weighted by atomic mass is 35.5. The van der Waals surface area contributed by atoms with Crippen LogP contribution in [-0.2, 0) is 0 Å². The van der Waals surface area contributed by atoms with E-state index in [0.29, 0.717) is 27.7 Å². The zero-order valence-electron chi connectivity index (χ0n) is 8.99. The van der Waals surface area contributed by atoms with Crippen molar-refractivity contribution in [1.82, 2.24) is 10.2 Å². The highest BCUT2D eigenvalue weighted by Crippen LogP contribution is 2.31. The Bertz CT molecular complexity index is 592. The lowest BCUT2D eigenvalue weighted by Crippen LogP contribution is -1.99. The van der Waals surface area contributed by atoms with Crippen LogP contribution in [0.25, 0.3) is 11.3 Å². The summed E-state index contributed by atoms with van der Waals surface area (Å²) < 4.78 is 0. The summed E-state index contributed by atoms with van der Waals surface area (Å²) in [5, 5.41) is 16.1. The number of carboxylic acids is 1. The molecule has 6 heteroatoms. The molecule has 17 heavy (non-hydrogen) atoms. The van der Waals surface area contributed by atoms with Gasteiger partial charge >= 0.3 is 5.97 Å². The maximum Gasteiger partial charge on any atom is 0.339 e. The summed E-state index contributed by atoms with van der Waals surface area (Å²) in [7, 11) is 0. The molecule has 0 spiro atoms. The van der Waals surface area contributed by atoms with Crippen LogP contribution in [0.15, 0.2) is 18.2 Å². The van der Waals surface area contributed by atoms with Crippen molar-refractivity contribution >= 4 is 23.3 Å². The van der Waals surface area contributed by atoms with Crippen molar-refractivity contribution in [2.24, 2.45) is 0 Å². The van der Waals surface area contributed by atoms with E-state index in [-0.39, 0.29) is 5.56 Å². The van der Waals surface area contributed by atoms with Crippen molar-refractivity contribution in [3.05, 3.63) is 34.5 Å². The maximum absolute atomic E-state index is 11.1. The third-order valence-corrected chi connectivity index (χ3v) is 2.72. The molecule has 0 saturated heterocycles. The molecular formula is C11H10ClN3O2. The number of anilines is 1. The number of aromatic nitrogens is 2. The second-order valence-electron chi connectivity index (χ2n) is 3.62. The third-order valence-electron chi connectivity index (χ3n) is 2.41. The Hall–Kier alpha value is -2.01. The first-order valence-electron chi connectivity index (χ1n) is 4.84. The SMILES string of the molecule is Cc1[nH]nc(-c2ccc(N)cc2Cl)c1C(=O)O. The van der Waals surface area contributed by atoms with Crippen molar-refractivity contribution < 1.29 is 9.90 Å². The molecule has 0 radical (unpaired) electrons. The van der Waals surface area contributed by atoms with E-state index in [0.717, 1.165) is 0 Å². The molecule has 4 N–H and O–H groups in total. The third kappa shape index (κ3) is 1.97. The Morgan fingerprint density at radius 3 is 2.82 bits per heavy atom. The molecule has 1 aromatic heterocycles. The molecule has 0 atom stereocenters. The monoisotopic (exact) mass is 251 g/mol. The first-order chi connectivity index (χ1) is 8.00. The molecule has 0 aliphatic carbocycles. The van der Waals surface area contributed by atoms with Crippen molar-refractivity contribution in [2.45, 2.75) is 6.92 Å². The number of nitrogens with two attached hydrogens (primary N) is 1. The molecular weight excluding hydrogens is 242 g/mol. The number of rotatable bonds is 2. The fourth-order valence-electron chi connectivity index (χ4n) is 1.61. The summed E-state index contributed by atoms with van der Waals surface area (Å²) in [6.07, 6.45) is 0. The van der Waals surface area contributed by atoms with Gasteiger partial charge in [-0.15, -0.1) is 0 Å². The second kappa shape index (κ2) is 4.10. The topological polar surface area (TPSA) is 92.0 Å². The van der Waals surface area contributed by atoms with E-state index in [4.69, 9.17) is 22.4 Å². The van der Waals surface area contributed by atoms with Gasteiger partial charge in [0.1, 0.15) is 11.3 Å². The van der Waals surface area contributed by atoms with Crippen LogP contribution in [0, 0.1) is 6.92 Å². The van der Waals surface area contributed by atoms with Gasteiger partial charge in [-0.2, -0.15) is 5.10 Å². The second-order valence-corrected chi connectivity index (χ2v) is 4.02. The quantitative estimate of drug-likeness (QED) is 0.714. The number of nitrogens with one attached hydrogen (secondary N) is 1. The van der Waals surface area contributed by atoms with Crippen molar-refractivity contribution in [1.29, 1.82) is 0 Å². The molecule has 0 amide bonds. The summed E-state index contributed by atoms with van der Waals surface area (Å²) in [4.78, 5) is 11.1. The van der Waals surface area contributed by atoms with Gasteiger partial charge in [0.15, 0.2) is 0 Å². The van der Waals surface area contributed by atoms with E-state index >= 15 is 0 Å². The average molecular weight is 252 g/mol. The van der Waals surface area contributed by atoms with Gasteiger partial charge in [-0.05, 0) is 25.1 Å². The minimum absolute atomic E-state index is 0.122. The van der Waals surface area contributed by atoms with E-state index in [2.05, 4.69) is 10.2 Å². The van der Waals surface area contributed by atoms with Crippen molar-refractivity contribution in [3.63, 3.8) is 0 Å². The molecule has 0 fully saturated rings. The van der Waals surface area contributed by atoms with Crippen LogP contribution in [0.4, 0.5) is 5.69 Å². The molecule has 0 aliphatic rings. The number of carbonyl (C=O) groups is 1. The maximum atomic E-state index is 11.1. The lowest BCUT2D eigenvalue weighted by atomic mass is 10.1. The predicted octanol–water partition coefficient (Wildman–Crippen LogP) is 2.32. The molecule has 88 valence electrons. The number of H-pyrrole nitrogens is 1. The van der Waals surface area contributed by atoms with Gasteiger partial charge in [-0.25, -0.2) is 4.79 Å². The molecule has 0 bridgehead atoms. The molecule has 0 unspecified atom stereocenters. The van der Waals surface area contributed by atoms with Crippen LogP contribution in [0.2, 0.25) is 5.02 Å². The van der Waals surface area contributed by atoms with Gasteiger partial charge in [0.05, 0.1) is 5.02 Å². The number of benzene rings is 1. The Balaban J connectivity index is 2.65. The van der Waals surface area contributed by atoms with Crippen molar-refractivity contribution in [3.8, 4) is 11.3 Å². The predicted molar refractivity (Wildman–Crippen MR) is 65.1 cm³/mol. The number of aromatic carboxylic acids is 1. The van der Waals surface area contributed by atoms with E-state index in [1.165, 1.54) is 0 Å². The van der Waals surface area contributed by atoms with Gasteiger partial charge in [-0.3, -0.25) is 5.10 Å². The standard InChI is InChI=1S/C11H10ClN3O2/c1-5-9(11(16)17)10(15-14-5)7-3-2-6(13)4-8(7)12/h2-4H,13H2,1H3,(H,14,15)(H,16,17). The van der Waals surface area contributed by atoms with E-state index < -0.39 is 5.97 Å². The van der Waals surface area contributed by atoms with Crippen LogP contribution in [0.3, 0.4) is 0 Å². The summed E-state index contributed by atoms with van der Waals surface area (Å²) >= 11 is 6.02. The molecule has 0 saturated carbocycles. The number of carboxylic acid groups (broad SMARTS) is 1. The Kier molecular flexibility index (Phi) is 2.77. The normalized spacial score (nSPS) is 10.5. The Labute approximate surface area is 102 Å². The van der Waals surface area contributed by atoms with E-state index in [1.807, 2.05) is 0 Å². The largest absolute Gasteiger partial charge is 0.478 e. The Morgan fingerprint density at radius 2 is 2.24 bits per heavy atom. The van der Waals surface area contributed by atoms with E-state index in [9.17, 15) is 4.79 Å². The number of hydrogen-bond acceptors (Lipinski definition) is 3. The van der Waals surface area contributed by atoms with Gasteiger partial charge in [0.2, 0.25) is 0 Å². The summed E-state index contributed by atoms with van der Waals surface area (Å²) in [6.45, 7) is 1.64. The number of nitrogen functional groups attached to an aromatic ring is 1. The van der Waals surface area contributed by atoms with Crippen LogP contribution in [0.5, 0.6) is 0 Å². The lowest BCUT2D eigenvalue weighted by Gasteiger charge is -2.03. The highest BCUT2D eigenvalue weighted by Gasteiger charge is 2.20. The van der Waals surface area contributed by atoms with Crippen LogP contribution < -0.4 is 5.73 Å². The first kappa shape index (κ1) is 11.5. The first-order valence-corrected chi connectivity index (χ1v) is 5.22. The smallest absolute Gasteiger partial charge is 0.339 e. The highest BCUT2D eigenvalue weighted by molar-refractivity contribution is 6.33. The van der Waals surface area contributed by atoms with Crippen molar-refractivity contribution in [2.75, 3.05) is 5.73 Å². The average Bonchev–Trinajstić information content (AvgIpc) is 2.60. The minimum Gasteiger partial charge on any atom is -0.478 e. The van der Waals surface area contributed by atoms with Gasteiger partial charge in [0.25, 0.3) is 0 Å².